The third kappa shape index (κ3) is 16.4. The van der Waals surface area contributed by atoms with E-state index in [1.165, 1.54) is 0 Å². The smallest absolute Gasteiger partial charge is 0.0104 e. The Bertz CT molecular complexity index is 103. The summed E-state index contributed by atoms with van der Waals surface area (Å²) in [4.78, 5) is 4.61. The zero-order valence-corrected chi connectivity index (χ0v) is 12.9. The van der Waals surface area contributed by atoms with E-state index in [1.54, 1.807) is 0 Å². The molecule has 0 saturated heterocycles. The number of likely N-dealkylation sites (N-methyl/N-ethyl adjacent to an activating group) is 2. The van der Waals surface area contributed by atoms with Crippen LogP contribution in [0, 0.1) is 0 Å². The van der Waals surface area contributed by atoms with Crippen LogP contribution < -0.4 is 11.5 Å². The minimum atomic E-state index is 0. The van der Waals surface area contributed by atoms with Gasteiger partial charge >= 0.3 is 0 Å². The topological polar surface area (TPSA) is 58.5 Å². The molecule has 5 heteroatoms. The zero-order valence-electron chi connectivity index (χ0n) is 12.0. The average Bonchev–Trinajstić information content (AvgIpc) is 2.33. The van der Waals surface area contributed by atoms with Gasteiger partial charge in [0.15, 0.2) is 0 Å². The van der Waals surface area contributed by atoms with Gasteiger partial charge in [-0.1, -0.05) is 27.7 Å². The molecule has 0 aliphatic heterocycles. The fraction of sp³-hybridized carbons (Fsp3) is 1.00. The van der Waals surface area contributed by atoms with Crippen LogP contribution in [-0.4, -0.2) is 62.2 Å². The van der Waals surface area contributed by atoms with E-state index in [1.807, 2.05) is 0 Å². The van der Waals surface area contributed by atoms with Crippen LogP contribution in [0.3, 0.4) is 0 Å². The molecule has 17 heavy (non-hydrogen) atoms. The van der Waals surface area contributed by atoms with Crippen molar-refractivity contribution in [2.24, 2.45) is 11.5 Å². The maximum absolute atomic E-state index is 5.34. The van der Waals surface area contributed by atoms with Gasteiger partial charge in [0.2, 0.25) is 0 Å². The first-order valence-corrected chi connectivity index (χ1v) is 6.54. The summed E-state index contributed by atoms with van der Waals surface area (Å²) >= 11 is 0. The molecular weight excluding hydrogens is 264 g/mol. The van der Waals surface area contributed by atoms with Gasteiger partial charge in [0.05, 0.1) is 0 Å². The number of nitrogens with two attached hydrogens (primary N) is 2. The molecule has 0 aromatic rings. The van der Waals surface area contributed by atoms with Crippen LogP contribution in [-0.2, 0) is 17.1 Å². The molecule has 0 heterocycles. The van der Waals surface area contributed by atoms with Gasteiger partial charge in [-0.3, -0.25) is 0 Å². The second-order valence-corrected chi connectivity index (χ2v) is 3.63. The summed E-state index contributed by atoms with van der Waals surface area (Å²) in [5, 5.41) is 0. The number of rotatable bonds is 8. The van der Waals surface area contributed by atoms with Gasteiger partial charge < -0.3 is 21.3 Å². The predicted octanol–water partition coefficient (Wildman–Crippen LogP) is 0.571. The molecule has 1 radical (unpaired) electrons. The Hall–Kier alpha value is 0.359. The predicted molar refractivity (Wildman–Crippen MR) is 73.7 cm³/mol. The van der Waals surface area contributed by atoms with Crippen molar-refractivity contribution in [2.45, 2.75) is 27.7 Å². The largest absolute Gasteiger partial charge is 0.329 e. The summed E-state index contributed by atoms with van der Waals surface area (Å²) in [5.41, 5.74) is 10.7. The van der Waals surface area contributed by atoms with Crippen molar-refractivity contribution in [3.05, 3.63) is 0 Å². The summed E-state index contributed by atoms with van der Waals surface area (Å²) in [5.74, 6) is 0. The normalized spacial score (nSPS) is 9.88. The molecule has 111 valence electrons. The van der Waals surface area contributed by atoms with Crippen LogP contribution >= 0.6 is 0 Å². The standard InChI is InChI=1S/2C6H16N2.Cu/c2*1-3-8(4-2)6-5-7;/h2*3-7H2,1-2H3;. The van der Waals surface area contributed by atoms with Crippen molar-refractivity contribution in [3.8, 4) is 0 Å². The summed E-state index contributed by atoms with van der Waals surface area (Å²) < 4.78 is 0. The molecule has 0 unspecified atom stereocenters. The Morgan fingerprint density at radius 1 is 0.647 bits per heavy atom. The fourth-order valence-electron chi connectivity index (χ4n) is 1.44. The maximum Gasteiger partial charge on any atom is 0.0104 e. The van der Waals surface area contributed by atoms with E-state index in [0.717, 1.165) is 52.4 Å². The van der Waals surface area contributed by atoms with Gasteiger partial charge in [-0.2, -0.15) is 0 Å². The van der Waals surface area contributed by atoms with E-state index < -0.39 is 0 Å². The number of hydrogen-bond donors (Lipinski definition) is 2. The molecule has 0 amide bonds. The summed E-state index contributed by atoms with van der Waals surface area (Å²) in [6, 6.07) is 0. The average molecular weight is 296 g/mol. The monoisotopic (exact) mass is 295 g/mol. The molecule has 0 aromatic heterocycles. The van der Waals surface area contributed by atoms with Gasteiger partial charge in [0, 0.05) is 43.2 Å². The molecule has 4 N–H and O–H groups in total. The van der Waals surface area contributed by atoms with Gasteiger partial charge in [-0.25, -0.2) is 0 Å². The van der Waals surface area contributed by atoms with Gasteiger partial charge in [0.25, 0.3) is 0 Å². The second kappa shape index (κ2) is 18.7. The minimum absolute atomic E-state index is 0. The van der Waals surface area contributed by atoms with Gasteiger partial charge in [0.1, 0.15) is 0 Å². The van der Waals surface area contributed by atoms with Crippen LogP contribution in [0.1, 0.15) is 27.7 Å². The van der Waals surface area contributed by atoms with Crippen LogP contribution in [0.15, 0.2) is 0 Å². The van der Waals surface area contributed by atoms with E-state index >= 15 is 0 Å². The Kier molecular flexibility index (Phi) is 24.8. The van der Waals surface area contributed by atoms with Gasteiger partial charge in [-0.05, 0) is 26.2 Å². The van der Waals surface area contributed by atoms with E-state index in [2.05, 4.69) is 37.5 Å². The van der Waals surface area contributed by atoms with Crippen molar-refractivity contribution in [1.82, 2.24) is 9.80 Å². The quantitative estimate of drug-likeness (QED) is 0.643. The molecule has 0 rings (SSSR count). The molecule has 0 aliphatic rings. The Morgan fingerprint density at radius 3 is 0.941 bits per heavy atom. The molecule has 0 spiro atoms. The molecule has 0 saturated carbocycles. The van der Waals surface area contributed by atoms with E-state index in [0.29, 0.717) is 0 Å². The van der Waals surface area contributed by atoms with Crippen LogP contribution in [0.4, 0.5) is 0 Å². The third-order valence-electron chi connectivity index (χ3n) is 2.68. The first-order valence-electron chi connectivity index (χ1n) is 6.54. The molecule has 0 atom stereocenters. The fourth-order valence-corrected chi connectivity index (χ4v) is 1.44. The summed E-state index contributed by atoms with van der Waals surface area (Å²) in [6.45, 7) is 16.7. The Morgan fingerprint density at radius 2 is 0.882 bits per heavy atom. The van der Waals surface area contributed by atoms with Crippen molar-refractivity contribution in [2.75, 3.05) is 52.4 Å². The second-order valence-electron chi connectivity index (χ2n) is 3.63. The van der Waals surface area contributed by atoms with Crippen molar-refractivity contribution >= 4 is 0 Å². The van der Waals surface area contributed by atoms with Crippen LogP contribution in [0.5, 0.6) is 0 Å². The van der Waals surface area contributed by atoms with Crippen LogP contribution in [0.2, 0.25) is 0 Å². The maximum atomic E-state index is 5.34. The molecule has 0 bridgehead atoms. The number of hydrogen-bond acceptors (Lipinski definition) is 4. The minimum Gasteiger partial charge on any atom is -0.329 e. The molecule has 0 fully saturated rings. The molecular formula is C12H32CuN4. The van der Waals surface area contributed by atoms with E-state index in [4.69, 9.17) is 11.5 Å². The number of nitrogens with zero attached hydrogens (tertiary/aromatic N) is 2. The first-order chi connectivity index (χ1) is 7.69. The van der Waals surface area contributed by atoms with Gasteiger partial charge in [-0.15, -0.1) is 0 Å². The van der Waals surface area contributed by atoms with Crippen LogP contribution in [0.25, 0.3) is 0 Å². The van der Waals surface area contributed by atoms with E-state index in [9.17, 15) is 0 Å². The van der Waals surface area contributed by atoms with E-state index in [-0.39, 0.29) is 17.1 Å². The summed E-state index contributed by atoms with van der Waals surface area (Å²) in [6.07, 6.45) is 0. The Balaban J connectivity index is -0.000000218. The SMILES string of the molecule is CCN(CC)CCN.CCN(CC)CCN.[Cu]. The first kappa shape index (κ1) is 22.5. The van der Waals surface area contributed by atoms with Crippen molar-refractivity contribution < 1.29 is 17.1 Å². The molecule has 4 nitrogen and oxygen atoms in total. The third-order valence-corrected chi connectivity index (χ3v) is 2.68. The van der Waals surface area contributed by atoms with Crippen molar-refractivity contribution in [3.63, 3.8) is 0 Å². The summed E-state index contributed by atoms with van der Waals surface area (Å²) in [7, 11) is 0. The van der Waals surface area contributed by atoms with Crippen molar-refractivity contribution in [1.29, 1.82) is 0 Å². The molecule has 0 aliphatic carbocycles. The molecule has 0 aromatic carbocycles. The zero-order chi connectivity index (χ0) is 12.8. The Labute approximate surface area is 119 Å².